The molecular formula is C20H16F7N5O2. The molecule has 0 bridgehead atoms. The van der Waals surface area contributed by atoms with Crippen LogP contribution in [0, 0.1) is 0 Å². The van der Waals surface area contributed by atoms with E-state index >= 15 is 0 Å². The number of oxazole rings is 1. The number of hydrogen-bond donors (Lipinski definition) is 1. The zero-order valence-electron chi connectivity index (χ0n) is 17.3. The normalized spacial score (nSPS) is 16.6. The Bertz CT molecular complexity index is 1210. The minimum atomic E-state index is -5.14. The van der Waals surface area contributed by atoms with Gasteiger partial charge in [0.25, 0.3) is 11.8 Å². The minimum absolute atomic E-state index is 0.000356. The molecule has 4 rings (SSSR count). The summed E-state index contributed by atoms with van der Waals surface area (Å²) in [6.07, 6.45) is -2.70. The molecule has 34 heavy (non-hydrogen) atoms. The van der Waals surface area contributed by atoms with E-state index in [9.17, 15) is 35.5 Å². The number of amides is 1. The molecule has 7 nitrogen and oxygen atoms in total. The molecule has 14 heteroatoms. The molecule has 0 spiro atoms. The lowest BCUT2D eigenvalue weighted by atomic mass is 9.96. The molecule has 1 aliphatic carbocycles. The molecule has 1 atom stereocenters. The number of alkyl halides is 7. The Labute approximate surface area is 187 Å². The first-order valence-electron chi connectivity index (χ1n) is 9.94. The van der Waals surface area contributed by atoms with E-state index in [2.05, 4.69) is 20.4 Å². The third-order valence-electron chi connectivity index (χ3n) is 5.16. The SMILES string of the molecule is CC(F)(F)c1cc(-c2nc3c(o2)CCC[C@H]3NC(=O)c2cc(C(F)(F)F)n(C(F)F)n2)ccn1. The Morgan fingerprint density at radius 3 is 2.59 bits per heavy atom. The number of fused-ring (bicyclic) bond motifs is 1. The number of carbonyl (C=O) groups excluding carboxylic acids is 1. The molecule has 1 N–H and O–H groups in total. The highest BCUT2D eigenvalue weighted by molar-refractivity contribution is 5.92. The van der Waals surface area contributed by atoms with Crippen molar-refractivity contribution >= 4 is 5.91 Å². The van der Waals surface area contributed by atoms with Crippen molar-refractivity contribution in [1.29, 1.82) is 0 Å². The van der Waals surface area contributed by atoms with Gasteiger partial charge in [0.1, 0.15) is 22.8 Å². The van der Waals surface area contributed by atoms with Crippen molar-refractivity contribution < 1.29 is 39.9 Å². The van der Waals surface area contributed by atoms with Crippen LogP contribution in [0.5, 0.6) is 0 Å². The van der Waals surface area contributed by atoms with E-state index in [-0.39, 0.29) is 23.2 Å². The highest BCUT2D eigenvalue weighted by atomic mass is 19.4. The average molecular weight is 491 g/mol. The molecule has 0 fully saturated rings. The van der Waals surface area contributed by atoms with E-state index in [0.717, 1.165) is 6.07 Å². The summed E-state index contributed by atoms with van der Waals surface area (Å²) in [6.45, 7) is -2.91. The fourth-order valence-corrected chi connectivity index (χ4v) is 3.58. The Balaban J connectivity index is 1.60. The molecule has 0 unspecified atom stereocenters. The van der Waals surface area contributed by atoms with Crippen molar-refractivity contribution in [1.82, 2.24) is 25.1 Å². The quantitative estimate of drug-likeness (QED) is 0.492. The summed E-state index contributed by atoms with van der Waals surface area (Å²) in [5, 5.41) is 5.54. The van der Waals surface area contributed by atoms with Crippen LogP contribution in [-0.4, -0.2) is 25.7 Å². The summed E-state index contributed by atoms with van der Waals surface area (Å²) < 4.78 is 97.3. The molecule has 1 aliphatic rings. The lowest BCUT2D eigenvalue weighted by Gasteiger charge is -2.20. The topological polar surface area (TPSA) is 85.8 Å². The van der Waals surface area contributed by atoms with E-state index < -0.39 is 52.4 Å². The number of aryl methyl sites for hydroxylation is 1. The molecule has 0 saturated heterocycles. The highest BCUT2D eigenvalue weighted by Gasteiger charge is 2.39. The van der Waals surface area contributed by atoms with Crippen LogP contribution in [0.25, 0.3) is 11.5 Å². The average Bonchev–Trinajstić information content (AvgIpc) is 3.39. The van der Waals surface area contributed by atoms with Crippen LogP contribution in [0.2, 0.25) is 0 Å². The maximum Gasteiger partial charge on any atom is 0.433 e. The molecule has 0 aromatic carbocycles. The van der Waals surface area contributed by atoms with Gasteiger partial charge >= 0.3 is 12.7 Å². The predicted octanol–water partition coefficient (Wildman–Crippen LogP) is 5.27. The Hall–Kier alpha value is -3.45. The second kappa shape index (κ2) is 8.40. The van der Waals surface area contributed by atoms with Crippen molar-refractivity contribution in [3.8, 4) is 11.5 Å². The number of carbonyl (C=O) groups is 1. The standard InChI is InChI=1S/C20H16F7N5O2/c1-19(23,24)13-7-9(5-6-28-13)17-30-15-10(3-2-4-12(15)34-17)29-16(33)11-8-14(20(25,26)27)32(31-11)18(21)22/h5-8,10,18H,2-4H2,1H3,(H,29,33)/t10-/m1/s1. The van der Waals surface area contributed by atoms with Gasteiger partial charge in [0.05, 0.1) is 6.04 Å². The number of nitrogens with one attached hydrogen (secondary N) is 1. The minimum Gasteiger partial charge on any atom is -0.441 e. The van der Waals surface area contributed by atoms with Crippen molar-refractivity contribution in [2.45, 2.75) is 50.9 Å². The van der Waals surface area contributed by atoms with Crippen LogP contribution in [0.3, 0.4) is 0 Å². The van der Waals surface area contributed by atoms with Gasteiger partial charge in [-0.05, 0) is 25.0 Å². The molecule has 0 saturated carbocycles. The van der Waals surface area contributed by atoms with E-state index in [4.69, 9.17) is 4.42 Å². The van der Waals surface area contributed by atoms with Gasteiger partial charge in [0.2, 0.25) is 5.89 Å². The van der Waals surface area contributed by atoms with Crippen molar-refractivity contribution in [3.63, 3.8) is 0 Å². The summed E-state index contributed by atoms with van der Waals surface area (Å²) >= 11 is 0. The van der Waals surface area contributed by atoms with Gasteiger partial charge in [0, 0.05) is 31.2 Å². The first kappa shape index (κ1) is 23.7. The summed E-state index contributed by atoms with van der Waals surface area (Å²) in [5.74, 6) is -3.94. The maximum absolute atomic E-state index is 13.6. The van der Waals surface area contributed by atoms with Gasteiger partial charge in [-0.2, -0.15) is 40.5 Å². The van der Waals surface area contributed by atoms with Crippen LogP contribution >= 0.6 is 0 Å². The van der Waals surface area contributed by atoms with Crippen LogP contribution < -0.4 is 5.32 Å². The summed E-state index contributed by atoms with van der Waals surface area (Å²) in [5.41, 5.74) is -2.62. The second-order valence-electron chi connectivity index (χ2n) is 7.70. The van der Waals surface area contributed by atoms with Crippen LogP contribution in [0.1, 0.15) is 65.7 Å². The van der Waals surface area contributed by atoms with Gasteiger partial charge in [-0.25, -0.2) is 4.98 Å². The molecular weight excluding hydrogens is 475 g/mol. The molecule has 3 heterocycles. The highest BCUT2D eigenvalue weighted by Crippen LogP contribution is 2.36. The summed E-state index contributed by atoms with van der Waals surface area (Å²) in [7, 11) is 0. The molecule has 182 valence electrons. The number of aromatic nitrogens is 4. The monoisotopic (exact) mass is 491 g/mol. The van der Waals surface area contributed by atoms with Gasteiger partial charge in [-0.1, -0.05) is 0 Å². The van der Waals surface area contributed by atoms with E-state index in [1.54, 1.807) is 0 Å². The Morgan fingerprint density at radius 1 is 1.24 bits per heavy atom. The number of pyridine rings is 1. The first-order chi connectivity index (χ1) is 15.8. The lowest BCUT2D eigenvalue weighted by molar-refractivity contribution is -0.149. The van der Waals surface area contributed by atoms with Crippen LogP contribution in [0.15, 0.2) is 28.8 Å². The molecule has 3 aromatic heterocycles. The zero-order chi connectivity index (χ0) is 24.8. The van der Waals surface area contributed by atoms with Crippen molar-refractivity contribution in [3.05, 3.63) is 52.9 Å². The first-order valence-corrected chi connectivity index (χ1v) is 9.94. The number of rotatable bonds is 5. The zero-order valence-corrected chi connectivity index (χ0v) is 17.3. The van der Waals surface area contributed by atoms with Crippen molar-refractivity contribution in [2.24, 2.45) is 0 Å². The third-order valence-corrected chi connectivity index (χ3v) is 5.16. The number of nitrogens with zero attached hydrogens (tertiary/aromatic N) is 4. The Morgan fingerprint density at radius 2 is 1.97 bits per heavy atom. The van der Waals surface area contributed by atoms with Gasteiger partial charge in [-0.3, -0.25) is 9.78 Å². The van der Waals surface area contributed by atoms with Crippen LogP contribution in [0.4, 0.5) is 30.7 Å². The Kier molecular flexibility index (Phi) is 5.85. The number of halogens is 7. The lowest BCUT2D eigenvalue weighted by Crippen LogP contribution is -2.31. The van der Waals surface area contributed by atoms with Gasteiger partial charge in [-0.15, -0.1) is 0 Å². The van der Waals surface area contributed by atoms with Gasteiger partial charge < -0.3 is 9.73 Å². The molecule has 3 aromatic rings. The van der Waals surface area contributed by atoms with Crippen LogP contribution in [-0.2, 0) is 18.5 Å². The fraction of sp³-hybridized carbons (Fsp3) is 0.400. The van der Waals surface area contributed by atoms with Gasteiger partial charge in [0.15, 0.2) is 5.69 Å². The second-order valence-corrected chi connectivity index (χ2v) is 7.70. The molecule has 1 amide bonds. The summed E-state index contributed by atoms with van der Waals surface area (Å²) in [4.78, 5) is 20.4. The smallest absolute Gasteiger partial charge is 0.433 e. The summed E-state index contributed by atoms with van der Waals surface area (Å²) in [6, 6.07) is 1.95. The van der Waals surface area contributed by atoms with E-state index in [1.165, 1.54) is 12.3 Å². The molecule has 0 radical (unpaired) electrons. The third kappa shape index (κ3) is 4.61. The molecule has 0 aliphatic heterocycles. The maximum atomic E-state index is 13.6. The number of hydrogen-bond acceptors (Lipinski definition) is 5. The van der Waals surface area contributed by atoms with E-state index in [0.29, 0.717) is 31.9 Å². The predicted molar refractivity (Wildman–Crippen MR) is 101 cm³/mol. The van der Waals surface area contributed by atoms with E-state index in [1.807, 2.05) is 0 Å². The fourth-order valence-electron chi connectivity index (χ4n) is 3.58. The van der Waals surface area contributed by atoms with Crippen molar-refractivity contribution in [2.75, 3.05) is 0 Å². The largest absolute Gasteiger partial charge is 0.441 e.